The van der Waals surface area contributed by atoms with Crippen molar-refractivity contribution in [2.75, 3.05) is 5.75 Å². The number of phenols is 1. The van der Waals surface area contributed by atoms with Crippen molar-refractivity contribution in [2.24, 2.45) is 4.99 Å². The Hall–Kier alpha value is -0.490. The maximum atomic E-state index is 10.6. The van der Waals surface area contributed by atoms with Crippen LogP contribution in [-0.2, 0) is 4.79 Å². The van der Waals surface area contributed by atoms with Crippen LogP contribution < -0.4 is 34.7 Å². The number of hydrogen-bond donors (Lipinski definition) is 1. The topological polar surface area (TPSA) is 72.7 Å². The standard InChI is InChI=1S/C10H9NO3S.Na/c12-8-4-2-1-3-6(8)9-11-7(5-15-9)10(13)14;/h1-4,7,12H,5H2,(H,13,14);/q;+1/p-1/t7-;/m0./s1. The molecule has 1 aliphatic rings. The quantitative estimate of drug-likeness (QED) is 0.564. The number of carbonyl (C=O) groups is 1. The van der Waals surface area contributed by atoms with E-state index in [0.717, 1.165) is 0 Å². The fourth-order valence-corrected chi connectivity index (χ4v) is 2.35. The minimum Gasteiger partial charge on any atom is -0.548 e. The molecule has 16 heavy (non-hydrogen) atoms. The summed E-state index contributed by atoms with van der Waals surface area (Å²) in [5.74, 6) is -0.693. The van der Waals surface area contributed by atoms with Crippen LogP contribution in [0.2, 0.25) is 0 Å². The molecule has 0 saturated carbocycles. The minimum atomic E-state index is -1.17. The van der Waals surface area contributed by atoms with E-state index in [2.05, 4.69) is 4.99 Å². The summed E-state index contributed by atoms with van der Waals surface area (Å²) in [4.78, 5) is 14.5. The Morgan fingerprint density at radius 1 is 1.50 bits per heavy atom. The van der Waals surface area contributed by atoms with Gasteiger partial charge in [0.1, 0.15) is 16.8 Å². The van der Waals surface area contributed by atoms with E-state index in [9.17, 15) is 15.0 Å². The molecule has 2 rings (SSSR count). The van der Waals surface area contributed by atoms with Crippen LogP contribution in [0.5, 0.6) is 5.75 Å². The molecule has 4 nitrogen and oxygen atoms in total. The molecule has 0 saturated heterocycles. The van der Waals surface area contributed by atoms with Gasteiger partial charge in [0.2, 0.25) is 0 Å². The number of hydrogen-bond acceptors (Lipinski definition) is 5. The summed E-state index contributed by atoms with van der Waals surface area (Å²) in [5, 5.41) is 20.7. The van der Waals surface area contributed by atoms with Gasteiger partial charge >= 0.3 is 29.6 Å². The molecule has 0 radical (unpaired) electrons. The SMILES string of the molecule is O=C([O-])[C@@H]1CSC(c2ccccc2O)=N1.[Na+]. The van der Waals surface area contributed by atoms with Crippen molar-refractivity contribution in [1.82, 2.24) is 0 Å². The third kappa shape index (κ3) is 2.79. The van der Waals surface area contributed by atoms with Gasteiger partial charge < -0.3 is 15.0 Å². The Balaban J connectivity index is 0.00000128. The number of para-hydroxylation sites is 1. The van der Waals surface area contributed by atoms with E-state index in [-0.39, 0.29) is 35.3 Å². The van der Waals surface area contributed by atoms with Crippen LogP contribution in [-0.4, -0.2) is 27.9 Å². The molecule has 1 aromatic rings. The Morgan fingerprint density at radius 2 is 2.19 bits per heavy atom. The molecular weight excluding hydrogens is 237 g/mol. The van der Waals surface area contributed by atoms with Gasteiger partial charge in [-0.05, 0) is 12.1 Å². The first-order chi connectivity index (χ1) is 7.18. The maximum Gasteiger partial charge on any atom is 1.00 e. The van der Waals surface area contributed by atoms with Crippen molar-refractivity contribution in [2.45, 2.75) is 6.04 Å². The first-order valence-electron chi connectivity index (χ1n) is 4.38. The molecule has 0 unspecified atom stereocenters. The average molecular weight is 245 g/mol. The zero-order valence-electron chi connectivity index (χ0n) is 8.71. The molecule has 0 amide bonds. The second kappa shape index (κ2) is 5.72. The number of benzene rings is 1. The summed E-state index contributed by atoms with van der Waals surface area (Å²) in [6.07, 6.45) is 0. The largest absolute Gasteiger partial charge is 1.00 e. The van der Waals surface area contributed by atoms with E-state index in [1.165, 1.54) is 11.8 Å². The molecule has 0 fully saturated rings. The molecule has 6 heteroatoms. The third-order valence-electron chi connectivity index (χ3n) is 2.06. The second-order valence-corrected chi connectivity index (χ2v) is 4.11. The van der Waals surface area contributed by atoms with Crippen LogP contribution in [0, 0.1) is 0 Å². The molecular formula is C10H8NNaO3S. The van der Waals surface area contributed by atoms with E-state index in [0.29, 0.717) is 16.4 Å². The van der Waals surface area contributed by atoms with Crippen molar-refractivity contribution in [1.29, 1.82) is 0 Å². The molecule has 1 atom stereocenters. The summed E-state index contributed by atoms with van der Waals surface area (Å²) in [7, 11) is 0. The Labute approximate surface area is 119 Å². The van der Waals surface area contributed by atoms with Gasteiger partial charge in [-0.15, -0.1) is 11.8 Å². The summed E-state index contributed by atoms with van der Waals surface area (Å²) in [5.41, 5.74) is 0.575. The van der Waals surface area contributed by atoms with Gasteiger partial charge in [0, 0.05) is 11.3 Å². The van der Waals surface area contributed by atoms with Crippen LogP contribution in [0.4, 0.5) is 0 Å². The summed E-state index contributed by atoms with van der Waals surface area (Å²) < 4.78 is 0. The molecule has 0 aromatic heterocycles. The van der Waals surface area contributed by atoms with E-state index >= 15 is 0 Å². The molecule has 0 aliphatic carbocycles. The summed E-state index contributed by atoms with van der Waals surface area (Å²) in [6, 6.07) is 5.92. The third-order valence-corrected chi connectivity index (χ3v) is 3.14. The second-order valence-electron chi connectivity index (χ2n) is 3.10. The monoisotopic (exact) mass is 245 g/mol. The normalized spacial score (nSPS) is 18.8. The molecule has 0 bridgehead atoms. The first kappa shape index (κ1) is 13.6. The number of carboxylic acids is 1. The fraction of sp³-hybridized carbons (Fsp3) is 0.200. The van der Waals surface area contributed by atoms with Crippen molar-refractivity contribution in [3.8, 4) is 5.75 Å². The zero-order valence-corrected chi connectivity index (χ0v) is 11.5. The van der Waals surface area contributed by atoms with Crippen molar-refractivity contribution in [3.63, 3.8) is 0 Å². The molecule has 1 aromatic carbocycles. The number of thioether (sulfide) groups is 1. The maximum absolute atomic E-state index is 10.6. The van der Waals surface area contributed by atoms with E-state index in [1.807, 2.05) is 0 Å². The number of phenolic OH excluding ortho intramolecular Hbond substituents is 1. The number of rotatable bonds is 2. The van der Waals surface area contributed by atoms with E-state index < -0.39 is 12.0 Å². The molecule has 0 spiro atoms. The number of carboxylic acid groups (broad SMARTS) is 1. The molecule has 1 N–H and O–H groups in total. The number of nitrogens with zero attached hydrogens (tertiary/aromatic N) is 1. The number of aromatic hydroxyl groups is 1. The smallest absolute Gasteiger partial charge is 0.548 e. The fourth-order valence-electron chi connectivity index (χ4n) is 1.30. The molecule has 1 heterocycles. The van der Waals surface area contributed by atoms with Crippen LogP contribution in [0.15, 0.2) is 29.3 Å². The van der Waals surface area contributed by atoms with Gasteiger partial charge in [0.15, 0.2) is 0 Å². The summed E-state index contributed by atoms with van der Waals surface area (Å²) in [6.45, 7) is 0. The van der Waals surface area contributed by atoms with Gasteiger partial charge in [-0.3, -0.25) is 4.99 Å². The van der Waals surface area contributed by atoms with E-state index in [4.69, 9.17) is 0 Å². The summed E-state index contributed by atoms with van der Waals surface area (Å²) >= 11 is 1.32. The van der Waals surface area contributed by atoms with Gasteiger partial charge in [0.25, 0.3) is 0 Å². The predicted octanol–water partition coefficient (Wildman–Crippen LogP) is -2.99. The zero-order chi connectivity index (χ0) is 10.8. The van der Waals surface area contributed by atoms with E-state index in [1.54, 1.807) is 24.3 Å². The predicted molar refractivity (Wildman–Crippen MR) is 55.9 cm³/mol. The van der Waals surface area contributed by atoms with Crippen LogP contribution in [0.25, 0.3) is 0 Å². The Kier molecular flexibility index (Phi) is 4.86. The van der Waals surface area contributed by atoms with Crippen molar-refractivity contribution < 1.29 is 44.6 Å². The Bertz CT molecular complexity index is 436. The van der Waals surface area contributed by atoms with Crippen LogP contribution in [0.3, 0.4) is 0 Å². The molecule has 78 valence electrons. The van der Waals surface area contributed by atoms with Gasteiger partial charge in [-0.1, -0.05) is 12.1 Å². The van der Waals surface area contributed by atoms with Crippen LogP contribution in [0.1, 0.15) is 5.56 Å². The average Bonchev–Trinajstić information content (AvgIpc) is 2.67. The number of carbonyl (C=O) groups excluding carboxylic acids is 1. The molecule has 1 aliphatic heterocycles. The van der Waals surface area contributed by atoms with Crippen molar-refractivity contribution in [3.05, 3.63) is 29.8 Å². The number of aliphatic carboxylic acids is 1. The van der Waals surface area contributed by atoms with Gasteiger partial charge in [0.05, 0.1) is 5.97 Å². The number of aliphatic imine (C=N–C) groups is 1. The first-order valence-corrected chi connectivity index (χ1v) is 5.37. The van der Waals surface area contributed by atoms with Gasteiger partial charge in [-0.2, -0.15) is 0 Å². The minimum absolute atomic E-state index is 0. The Morgan fingerprint density at radius 3 is 2.75 bits per heavy atom. The van der Waals surface area contributed by atoms with Crippen molar-refractivity contribution >= 4 is 22.8 Å². The van der Waals surface area contributed by atoms with Crippen LogP contribution >= 0.6 is 11.8 Å². The van der Waals surface area contributed by atoms with Gasteiger partial charge in [-0.25, -0.2) is 0 Å².